The number of nitrogens with zero attached hydrogens (tertiary/aromatic N) is 1. The number of hydrogen-bond donors (Lipinski definition) is 3. The molecule has 20 heavy (non-hydrogen) atoms. The van der Waals surface area contributed by atoms with Gasteiger partial charge < -0.3 is 15.5 Å². The Hall–Kier alpha value is -2.24. The fourth-order valence-corrected chi connectivity index (χ4v) is 1.67. The van der Waals surface area contributed by atoms with Crippen LogP contribution in [0.4, 0.5) is 10.5 Å². The molecule has 0 radical (unpaired) electrons. The molecule has 1 aromatic rings. The Bertz CT molecular complexity index is 476. The zero-order valence-corrected chi connectivity index (χ0v) is 11.7. The van der Waals surface area contributed by atoms with Crippen molar-refractivity contribution in [3.63, 3.8) is 0 Å². The van der Waals surface area contributed by atoms with Gasteiger partial charge >= 0.3 is 12.0 Å². The van der Waals surface area contributed by atoms with Crippen molar-refractivity contribution in [2.75, 3.05) is 18.5 Å². The molecule has 1 aromatic carbocycles. The first-order valence-electron chi connectivity index (χ1n) is 6.42. The molecule has 0 fully saturated rings. The van der Waals surface area contributed by atoms with Gasteiger partial charge in [0.25, 0.3) is 0 Å². The zero-order chi connectivity index (χ0) is 15.1. The van der Waals surface area contributed by atoms with Gasteiger partial charge in [-0.2, -0.15) is 0 Å². The van der Waals surface area contributed by atoms with E-state index in [4.69, 9.17) is 5.11 Å². The normalized spacial score (nSPS) is 11.7. The van der Waals surface area contributed by atoms with Crippen LogP contribution in [0.15, 0.2) is 24.3 Å². The molecule has 0 aromatic heterocycles. The van der Waals surface area contributed by atoms with Crippen molar-refractivity contribution in [1.82, 2.24) is 5.32 Å². The molecule has 0 aliphatic heterocycles. The van der Waals surface area contributed by atoms with Crippen molar-refractivity contribution in [3.05, 3.63) is 24.3 Å². The number of carboxylic acids is 1. The summed E-state index contributed by atoms with van der Waals surface area (Å²) in [6.07, 6.45) is 0.616. The fourth-order valence-electron chi connectivity index (χ4n) is 1.67. The zero-order valence-electron chi connectivity index (χ0n) is 11.7. The Morgan fingerprint density at radius 3 is 2.70 bits per heavy atom. The van der Waals surface area contributed by atoms with Crippen molar-refractivity contribution < 1.29 is 19.8 Å². The quantitative estimate of drug-likeness (QED) is 0.743. The maximum atomic E-state index is 11.9. The molecule has 6 heteroatoms. The second kappa shape index (κ2) is 7.37. The Morgan fingerprint density at radius 1 is 1.40 bits per heavy atom. The highest BCUT2D eigenvalue weighted by atomic mass is 16.4. The maximum absolute atomic E-state index is 11.9. The number of carboxylic acid groups (broad SMARTS) is 1. The number of anilines is 1. The number of urea groups is 1. The van der Waals surface area contributed by atoms with E-state index < -0.39 is 5.97 Å². The molecule has 0 saturated heterocycles. The topological polar surface area (TPSA) is 89.9 Å². The van der Waals surface area contributed by atoms with Crippen molar-refractivity contribution in [2.24, 2.45) is 5.92 Å². The van der Waals surface area contributed by atoms with E-state index in [0.29, 0.717) is 18.7 Å². The third kappa shape index (κ3) is 5.17. The van der Waals surface area contributed by atoms with Crippen LogP contribution in [0.3, 0.4) is 0 Å². The highest BCUT2D eigenvalue weighted by molar-refractivity contribution is 5.91. The van der Waals surface area contributed by atoms with Crippen molar-refractivity contribution >= 4 is 17.7 Å². The summed E-state index contributed by atoms with van der Waals surface area (Å²) in [4.78, 5) is 23.8. The third-order valence-corrected chi connectivity index (χ3v) is 2.97. The van der Waals surface area contributed by atoms with Crippen LogP contribution in [0.25, 0.3) is 0 Å². The van der Waals surface area contributed by atoms with Crippen LogP contribution in [0, 0.1) is 5.92 Å². The van der Waals surface area contributed by atoms with Gasteiger partial charge in [-0.3, -0.25) is 9.69 Å². The first-order valence-corrected chi connectivity index (χ1v) is 6.42. The first kappa shape index (κ1) is 15.8. The molecule has 1 rings (SSSR count). The summed E-state index contributed by atoms with van der Waals surface area (Å²) in [5.41, 5.74) is 0.584. The van der Waals surface area contributed by atoms with E-state index in [-0.39, 0.29) is 24.1 Å². The molecular weight excluding hydrogens is 260 g/mol. The van der Waals surface area contributed by atoms with E-state index in [1.807, 2.05) is 6.92 Å². The molecule has 2 amide bonds. The van der Waals surface area contributed by atoms with Crippen LogP contribution in [0.2, 0.25) is 0 Å². The van der Waals surface area contributed by atoms with Crippen LogP contribution in [-0.4, -0.2) is 35.8 Å². The molecule has 1 unspecified atom stereocenters. The van der Waals surface area contributed by atoms with E-state index in [0.717, 1.165) is 0 Å². The second-order valence-corrected chi connectivity index (χ2v) is 4.80. The minimum absolute atomic E-state index is 0.0904. The van der Waals surface area contributed by atoms with Crippen molar-refractivity contribution in [1.29, 1.82) is 0 Å². The van der Waals surface area contributed by atoms with Gasteiger partial charge in [-0.05, 0) is 24.5 Å². The van der Waals surface area contributed by atoms with Gasteiger partial charge in [0.2, 0.25) is 0 Å². The second-order valence-electron chi connectivity index (χ2n) is 4.80. The van der Waals surface area contributed by atoms with Crippen molar-refractivity contribution in [2.45, 2.75) is 19.8 Å². The molecule has 0 bridgehead atoms. The average Bonchev–Trinajstić information content (AvgIpc) is 2.41. The summed E-state index contributed by atoms with van der Waals surface area (Å²) in [7, 11) is 1.60. The lowest BCUT2D eigenvalue weighted by Crippen LogP contribution is -2.39. The van der Waals surface area contributed by atoms with E-state index in [9.17, 15) is 14.7 Å². The Kier molecular flexibility index (Phi) is 5.83. The largest absolute Gasteiger partial charge is 0.508 e. The fraction of sp³-hybridized carbons (Fsp3) is 0.429. The molecule has 0 aliphatic carbocycles. The summed E-state index contributed by atoms with van der Waals surface area (Å²) in [6, 6.07) is 6.10. The van der Waals surface area contributed by atoms with Gasteiger partial charge in [-0.1, -0.05) is 13.0 Å². The van der Waals surface area contributed by atoms with Crippen molar-refractivity contribution in [3.8, 4) is 5.75 Å². The predicted molar refractivity (Wildman–Crippen MR) is 75.9 cm³/mol. The van der Waals surface area contributed by atoms with Crippen LogP contribution >= 0.6 is 0 Å². The van der Waals surface area contributed by atoms with Crippen LogP contribution < -0.4 is 10.2 Å². The molecule has 0 heterocycles. The standard InChI is InChI=1S/C14H20N2O4/c1-10(6-7-13(18)19)9-15-14(20)16(2)11-4-3-5-12(17)8-11/h3-5,8,10,17H,6-7,9H2,1-2H3,(H,15,20)(H,18,19). The van der Waals surface area contributed by atoms with Gasteiger partial charge in [0.15, 0.2) is 0 Å². The van der Waals surface area contributed by atoms with Gasteiger partial charge in [-0.25, -0.2) is 4.79 Å². The van der Waals surface area contributed by atoms with Crippen LogP contribution in [0.5, 0.6) is 5.75 Å². The van der Waals surface area contributed by atoms with Crippen LogP contribution in [0.1, 0.15) is 19.8 Å². The van der Waals surface area contributed by atoms with Gasteiger partial charge in [0, 0.05) is 31.8 Å². The minimum atomic E-state index is -0.833. The molecule has 3 N–H and O–H groups in total. The van der Waals surface area contributed by atoms with E-state index in [2.05, 4.69) is 5.32 Å². The summed E-state index contributed by atoms with van der Waals surface area (Å²) >= 11 is 0. The molecule has 0 saturated carbocycles. The number of aromatic hydroxyl groups is 1. The number of rotatable bonds is 6. The molecule has 1 atom stereocenters. The van der Waals surface area contributed by atoms with Gasteiger partial charge in [0.1, 0.15) is 5.75 Å². The number of amides is 2. The Morgan fingerprint density at radius 2 is 2.10 bits per heavy atom. The number of carbonyl (C=O) groups excluding carboxylic acids is 1. The lowest BCUT2D eigenvalue weighted by molar-refractivity contribution is -0.137. The molecular formula is C14H20N2O4. The molecule has 0 aliphatic rings. The van der Waals surface area contributed by atoms with Gasteiger partial charge in [0.05, 0.1) is 0 Å². The number of hydrogen-bond acceptors (Lipinski definition) is 3. The maximum Gasteiger partial charge on any atom is 0.321 e. The van der Waals surface area contributed by atoms with Gasteiger partial charge in [-0.15, -0.1) is 0 Å². The Balaban J connectivity index is 2.44. The number of aliphatic carboxylic acids is 1. The number of phenolic OH excluding ortho intramolecular Hbond substituents is 1. The summed E-state index contributed by atoms with van der Waals surface area (Å²) in [5, 5.41) is 20.7. The number of phenols is 1. The van der Waals surface area contributed by atoms with Crippen LogP contribution in [-0.2, 0) is 4.79 Å². The minimum Gasteiger partial charge on any atom is -0.508 e. The summed E-state index contributed by atoms with van der Waals surface area (Å²) in [6.45, 7) is 2.30. The third-order valence-electron chi connectivity index (χ3n) is 2.97. The highest BCUT2D eigenvalue weighted by Gasteiger charge is 2.12. The molecule has 0 spiro atoms. The smallest absolute Gasteiger partial charge is 0.321 e. The van der Waals surface area contributed by atoms with E-state index >= 15 is 0 Å². The predicted octanol–water partition coefficient (Wildman–Crippen LogP) is 2.04. The molecule has 110 valence electrons. The van der Waals surface area contributed by atoms with E-state index in [1.54, 1.807) is 19.2 Å². The van der Waals surface area contributed by atoms with E-state index in [1.165, 1.54) is 17.0 Å². The first-order chi connectivity index (χ1) is 9.40. The monoisotopic (exact) mass is 280 g/mol. The number of benzene rings is 1. The lowest BCUT2D eigenvalue weighted by atomic mass is 10.1. The highest BCUT2D eigenvalue weighted by Crippen LogP contribution is 2.18. The number of carbonyl (C=O) groups is 2. The number of nitrogens with one attached hydrogen (secondary N) is 1. The SMILES string of the molecule is CC(CCC(=O)O)CNC(=O)N(C)c1cccc(O)c1. The Labute approximate surface area is 118 Å². The summed E-state index contributed by atoms with van der Waals surface area (Å²) in [5.74, 6) is -0.648. The average molecular weight is 280 g/mol. The lowest BCUT2D eigenvalue weighted by Gasteiger charge is -2.19. The molecule has 6 nitrogen and oxygen atoms in total. The summed E-state index contributed by atoms with van der Waals surface area (Å²) < 4.78 is 0.